The van der Waals surface area contributed by atoms with Gasteiger partial charge in [-0.1, -0.05) is 11.6 Å². The van der Waals surface area contributed by atoms with Crippen molar-refractivity contribution in [3.63, 3.8) is 0 Å². The Balaban J connectivity index is 1.71. The molecule has 222 valence electrons. The first-order chi connectivity index (χ1) is 19.7. The molecule has 1 aliphatic rings. The number of aromatic amines is 1. The number of nitrogens with zero attached hydrogens (tertiary/aromatic N) is 1. The molecule has 0 radical (unpaired) electrons. The maximum absolute atomic E-state index is 13.4. The van der Waals surface area contributed by atoms with Crippen molar-refractivity contribution in [2.24, 2.45) is 0 Å². The Morgan fingerprint density at radius 1 is 1.14 bits per heavy atom. The first-order valence-corrected chi connectivity index (χ1v) is 13.5. The second kappa shape index (κ2) is 11.8. The van der Waals surface area contributed by atoms with Crippen LogP contribution in [0.1, 0.15) is 74.2 Å². The Kier molecular flexibility index (Phi) is 8.58. The van der Waals surface area contributed by atoms with Crippen LogP contribution >= 0.6 is 11.6 Å². The number of carbonyl (C=O) groups is 4. The van der Waals surface area contributed by atoms with Gasteiger partial charge in [-0.15, -0.1) is 0 Å². The molecule has 2 aromatic carbocycles. The van der Waals surface area contributed by atoms with Crippen molar-refractivity contribution in [3.8, 4) is 0 Å². The Morgan fingerprint density at radius 2 is 1.86 bits per heavy atom. The number of benzene rings is 2. The third kappa shape index (κ3) is 6.54. The van der Waals surface area contributed by atoms with Gasteiger partial charge in [-0.05, 0) is 69.5 Å². The van der Waals surface area contributed by atoms with Gasteiger partial charge in [-0.25, -0.2) is 9.59 Å². The standard InChI is InChI=1S/C29H30ClN3O9/c1-14(34)41-24(28(39)40-5)19-11-16(27(38)42-29(2,3)4)7-9-20(19)31-22(35)13-18-8-6-15-10-17(30)12-21-23(15)33(18)26(37)25(36)32-21/h7,9-12,18,24H,6,8,13H2,1-5H3,(H,31,35)(H,32,36)/t18-,24?/m0/s1. The predicted molar refractivity (Wildman–Crippen MR) is 153 cm³/mol. The molecule has 1 unspecified atom stereocenters. The van der Waals surface area contributed by atoms with E-state index in [9.17, 15) is 28.8 Å². The minimum Gasteiger partial charge on any atom is -0.466 e. The fraction of sp³-hybridized carbons (Fsp3) is 0.379. The number of rotatable bonds is 7. The molecule has 0 bridgehead atoms. The molecule has 4 rings (SSSR count). The van der Waals surface area contributed by atoms with Crippen LogP contribution in [0.15, 0.2) is 39.9 Å². The summed E-state index contributed by atoms with van der Waals surface area (Å²) in [7, 11) is 1.10. The zero-order valence-corrected chi connectivity index (χ0v) is 24.4. The molecule has 0 saturated carbocycles. The smallest absolute Gasteiger partial charge is 0.352 e. The summed E-state index contributed by atoms with van der Waals surface area (Å²) in [6, 6.07) is 6.64. The summed E-state index contributed by atoms with van der Waals surface area (Å²) >= 11 is 6.18. The van der Waals surface area contributed by atoms with Gasteiger partial charge in [0.2, 0.25) is 12.0 Å². The summed E-state index contributed by atoms with van der Waals surface area (Å²) in [4.78, 5) is 78.4. The molecule has 0 aliphatic carbocycles. The normalized spacial score (nSPS) is 15.0. The van der Waals surface area contributed by atoms with Gasteiger partial charge >= 0.3 is 29.0 Å². The van der Waals surface area contributed by atoms with E-state index in [1.807, 2.05) is 0 Å². The Morgan fingerprint density at radius 3 is 2.50 bits per heavy atom. The van der Waals surface area contributed by atoms with E-state index in [-0.39, 0.29) is 23.2 Å². The first kappa shape index (κ1) is 30.5. The maximum atomic E-state index is 13.4. The van der Waals surface area contributed by atoms with E-state index in [1.165, 1.54) is 22.8 Å². The average Bonchev–Trinajstić information content (AvgIpc) is 2.89. The highest BCUT2D eigenvalue weighted by atomic mass is 35.5. The molecule has 0 spiro atoms. The van der Waals surface area contributed by atoms with Gasteiger partial charge in [0, 0.05) is 35.7 Å². The largest absolute Gasteiger partial charge is 0.466 e. The van der Waals surface area contributed by atoms with Crippen molar-refractivity contribution in [1.82, 2.24) is 9.55 Å². The van der Waals surface area contributed by atoms with Crippen LogP contribution in [0.5, 0.6) is 0 Å². The van der Waals surface area contributed by atoms with Crippen LogP contribution < -0.4 is 16.4 Å². The summed E-state index contributed by atoms with van der Waals surface area (Å²) in [5.74, 6) is -3.01. The number of amides is 1. The summed E-state index contributed by atoms with van der Waals surface area (Å²) in [5, 5.41) is 3.10. The van der Waals surface area contributed by atoms with Gasteiger partial charge in [-0.2, -0.15) is 0 Å². The molecule has 42 heavy (non-hydrogen) atoms. The van der Waals surface area contributed by atoms with Crippen molar-refractivity contribution in [1.29, 1.82) is 0 Å². The van der Waals surface area contributed by atoms with E-state index in [0.29, 0.717) is 28.9 Å². The molecule has 2 atom stereocenters. The molecule has 1 aromatic heterocycles. The summed E-state index contributed by atoms with van der Waals surface area (Å²) in [6.07, 6.45) is -0.925. The van der Waals surface area contributed by atoms with Crippen molar-refractivity contribution in [3.05, 3.63) is 72.8 Å². The zero-order valence-electron chi connectivity index (χ0n) is 23.7. The van der Waals surface area contributed by atoms with E-state index < -0.39 is 52.7 Å². The predicted octanol–water partition coefficient (Wildman–Crippen LogP) is 3.59. The molecule has 1 amide bonds. The lowest BCUT2D eigenvalue weighted by molar-refractivity contribution is -0.165. The third-order valence-corrected chi connectivity index (χ3v) is 6.75. The van der Waals surface area contributed by atoms with Gasteiger partial charge in [0.15, 0.2) is 0 Å². The molecule has 13 heteroatoms. The highest BCUT2D eigenvalue weighted by Gasteiger charge is 2.31. The number of aromatic nitrogens is 2. The van der Waals surface area contributed by atoms with Crippen molar-refractivity contribution >= 4 is 52.1 Å². The highest BCUT2D eigenvalue weighted by molar-refractivity contribution is 6.31. The van der Waals surface area contributed by atoms with Crippen LogP contribution in [-0.4, -0.2) is 46.1 Å². The minimum atomic E-state index is -1.61. The summed E-state index contributed by atoms with van der Waals surface area (Å²) in [5.41, 5.74) is -0.719. The molecule has 2 heterocycles. The number of halogens is 1. The van der Waals surface area contributed by atoms with Crippen LogP contribution in [0.3, 0.4) is 0 Å². The number of esters is 3. The molecule has 3 aromatic rings. The Hall–Kier alpha value is -4.45. The second-order valence-electron chi connectivity index (χ2n) is 10.9. The number of anilines is 1. The highest BCUT2D eigenvalue weighted by Crippen LogP contribution is 2.34. The van der Waals surface area contributed by atoms with E-state index in [2.05, 4.69) is 10.3 Å². The second-order valence-corrected chi connectivity index (χ2v) is 11.3. The van der Waals surface area contributed by atoms with Gasteiger partial charge in [-0.3, -0.25) is 23.7 Å². The number of hydrogen-bond donors (Lipinski definition) is 2. The average molecular weight is 600 g/mol. The number of nitrogens with one attached hydrogen (secondary N) is 2. The van der Waals surface area contributed by atoms with Crippen LogP contribution in [0.25, 0.3) is 11.0 Å². The number of methoxy groups -OCH3 is 1. The van der Waals surface area contributed by atoms with E-state index >= 15 is 0 Å². The topological polar surface area (TPSA) is 163 Å². The zero-order chi connectivity index (χ0) is 30.9. The summed E-state index contributed by atoms with van der Waals surface area (Å²) < 4.78 is 16.7. The van der Waals surface area contributed by atoms with Crippen LogP contribution in [-0.2, 0) is 35.0 Å². The van der Waals surface area contributed by atoms with Crippen molar-refractivity contribution in [2.75, 3.05) is 12.4 Å². The monoisotopic (exact) mass is 599 g/mol. The molecular weight excluding hydrogens is 570 g/mol. The minimum absolute atomic E-state index is 0.0203. The summed E-state index contributed by atoms with van der Waals surface area (Å²) in [6.45, 7) is 6.16. The molecular formula is C29H30ClN3O9. The quantitative estimate of drug-likeness (QED) is 0.235. The van der Waals surface area contributed by atoms with E-state index in [4.69, 9.17) is 25.8 Å². The lowest BCUT2D eigenvalue weighted by Crippen LogP contribution is -2.41. The fourth-order valence-electron chi connectivity index (χ4n) is 4.89. The number of aryl methyl sites for hydroxylation is 1. The fourth-order valence-corrected chi connectivity index (χ4v) is 5.13. The van der Waals surface area contributed by atoms with E-state index in [1.54, 1.807) is 32.9 Å². The molecule has 2 N–H and O–H groups in total. The Bertz CT molecular complexity index is 1720. The first-order valence-electron chi connectivity index (χ1n) is 13.1. The molecule has 0 saturated heterocycles. The van der Waals surface area contributed by atoms with Gasteiger partial charge < -0.3 is 24.5 Å². The molecule has 0 fully saturated rings. The van der Waals surface area contributed by atoms with Gasteiger partial charge in [0.25, 0.3) is 0 Å². The number of H-pyrrole nitrogens is 1. The Labute approximate surface area is 244 Å². The van der Waals surface area contributed by atoms with Crippen LogP contribution in [0.4, 0.5) is 5.69 Å². The third-order valence-electron chi connectivity index (χ3n) is 6.53. The maximum Gasteiger partial charge on any atom is 0.352 e. The number of carbonyl (C=O) groups excluding carboxylic acids is 4. The van der Waals surface area contributed by atoms with Crippen LogP contribution in [0, 0.1) is 0 Å². The van der Waals surface area contributed by atoms with Crippen molar-refractivity contribution in [2.45, 2.75) is 64.7 Å². The van der Waals surface area contributed by atoms with E-state index in [0.717, 1.165) is 19.6 Å². The number of ether oxygens (including phenoxy) is 3. The van der Waals surface area contributed by atoms with Crippen LogP contribution in [0.2, 0.25) is 5.02 Å². The molecule has 12 nitrogen and oxygen atoms in total. The SMILES string of the molecule is COC(=O)C(OC(C)=O)c1cc(C(=O)OC(C)(C)C)ccc1NC(=O)C[C@@H]1CCc2cc(Cl)cc3[nH]c(=O)c(=O)n1c23. The number of hydrogen-bond acceptors (Lipinski definition) is 9. The van der Waals surface area contributed by atoms with Gasteiger partial charge in [0.05, 0.1) is 23.7 Å². The lowest BCUT2D eigenvalue weighted by Gasteiger charge is -2.27. The lowest BCUT2D eigenvalue weighted by atomic mass is 9.95. The van der Waals surface area contributed by atoms with Crippen molar-refractivity contribution < 1.29 is 33.4 Å². The van der Waals surface area contributed by atoms with Gasteiger partial charge in [0.1, 0.15) is 5.60 Å². The molecule has 1 aliphatic heterocycles.